The van der Waals surface area contributed by atoms with Crippen LogP contribution >= 0.6 is 0 Å². The Balaban J connectivity index is 2.02. The average Bonchev–Trinajstić information content (AvgIpc) is 2.19. The van der Waals surface area contributed by atoms with E-state index in [4.69, 9.17) is 14.6 Å². The smallest absolute Gasteiger partial charge is 0.265 e. The summed E-state index contributed by atoms with van der Waals surface area (Å²) in [5.74, 6) is 0. The van der Waals surface area contributed by atoms with E-state index in [-0.39, 0.29) is 19.4 Å². The Kier molecular flexibility index (Phi) is 5.24. The number of hydrogen-bond donors (Lipinski definition) is 2. The van der Waals surface area contributed by atoms with Crippen molar-refractivity contribution in [1.82, 2.24) is 5.32 Å². The highest BCUT2D eigenvalue weighted by Gasteiger charge is 2.18. The van der Waals surface area contributed by atoms with Crippen molar-refractivity contribution in [3.63, 3.8) is 0 Å². The second-order valence-electron chi connectivity index (χ2n) is 3.16. The monoisotopic (exact) mass is 211 g/mol. The van der Waals surface area contributed by atoms with Crippen LogP contribution in [0.4, 0.5) is 8.78 Å². The van der Waals surface area contributed by atoms with Gasteiger partial charge in [-0.3, -0.25) is 0 Å². The van der Waals surface area contributed by atoms with Crippen LogP contribution < -0.4 is 5.32 Å². The van der Waals surface area contributed by atoms with E-state index in [1.54, 1.807) is 0 Å². The zero-order valence-corrected chi connectivity index (χ0v) is 7.79. The molecule has 0 aliphatic carbocycles. The quantitative estimate of drug-likeness (QED) is 0.670. The summed E-state index contributed by atoms with van der Waals surface area (Å²) < 4.78 is 33.8. The standard InChI is InChI=1S/C8H15F2NO3/c9-8(10)7(12)4-11-3-6-1-2-13-5-14-6/h6-8,11-12H,1-5H2. The van der Waals surface area contributed by atoms with Gasteiger partial charge in [-0.1, -0.05) is 0 Å². The number of aliphatic hydroxyl groups is 1. The van der Waals surface area contributed by atoms with Gasteiger partial charge in [-0.2, -0.15) is 0 Å². The van der Waals surface area contributed by atoms with E-state index in [9.17, 15) is 8.78 Å². The number of nitrogens with one attached hydrogen (secondary N) is 1. The summed E-state index contributed by atoms with van der Waals surface area (Å²) in [4.78, 5) is 0. The van der Waals surface area contributed by atoms with Gasteiger partial charge in [0.15, 0.2) is 0 Å². The van der Waals surface area contributed by atoms with Crippen molar-refractivity contribution in [2.45, 2.75) is 25.1 Å². The van der Waals surface area contributed by atoms with Crippen LogP contribution in [0.15, 0.2) is 0 Å². The number of aliphatic hydroxyl groups excluding tert-OH is 1. The number of hydrogen-bond acceptors (Lipinski definition) is 4. The second kappa shape index (κ2) is 6.23. The van der Waals surface area contributed by atoms with Gasteiger partial charge in [0, 0.05) is 13.1 Å². The molecule has 0 amide bonds. The first-order valence-electron chi connectivity index (χ1n) is 4.56. The maximum Gasteiger partial charge on any atom is 0.265 e. The molecule has 2 atom stereocenters. The molecule has 2 unspecified atom stereocenters. The molecule has 84 valence electrons. The molecular weight excluding hydrogens is 196 g/mol. The Labute approximate surface area is 81.2 Å². The third-order valence-electron chi connectivity index (χ3n) is 1.99. The lowest BCUT2D eigenvalue weighted by atomic mass is 10.2. The predicted molar refractivity (Wildman–Crippen MR) is 45.2 cm³/mol. The number of rotatable bonds is 5. The fourth-order valence-corrected chi connectivity index (χ4v) is 1.14. The fraction of sp³-hybridized carbons (Fsp3) is 1.00. The van der Waals surface area contributed by atoms with Crippen molar-refractivity contribution in [1.29, 1.82) is 0 Å². The van der Waals surface area contributed by atoms with Crippen molar-refractivity contribution in [2.75, 3.05) is 26.5 Å². The summed E-state index contributed by atoms with van der Waals surface area (Å²) in [6.07, 6.45) is -3.56. The van der Waals surface area contributed by atoms with Crippen molar-refractivity contribution in [3.8, 4) is 0 Å². The van der Waals surface area contributed by atoms with Crippen LogP contribution in [0.3, 0.4) is 0 Å². The Hall–Kier alpha value is -0.300. The molecule has 14 heavy (non-hydrogen) atoms. The average molecular weight is 211 g/mol. The lowest BCUT2D eigenvalue weighted by Gasteiger charge is -2.23. The Morgan fingerprint density at radius 3 is 2.86 bits per heavy atom. The van der Waals surface area contributed by atoms with Crippen molar-refractivity contribution in [3.05, 3.63) is 0 Å². The number of ether oxygens (including phenoxy) is 2. The molecule has 1 aliphatic rings. The van der Waals surface area contributed by atoms with Crippen LogP contribution in [0.1, 0.15) is 6.42 Å². The minimum atomic E-state index is -2.70. The third-order valence-corrected chi connectivity index (χ3v) is 1.99. The first kappa shape index (κ1) is 11.8. The van der Waals surface area contributed by atoms with Gasteiger partial charge < -0.3 is 19.9 Å². The minimum Gasteiger partial charge on any atom is -0.386 e. The maximum atomic E-state index is 11.9. The molecule has 6 heteroatoms. The summed E-state index contributed by atoms with van der Waals surface area (Å²) >= 11 is 0. The van der Waals surface area contributed by atoms with E-state index in [2.05, 4.69) is 5.32 Å². The molecule has 0 radical (unpaired) electrons. The van der Waals surface area contributed by atoms with Crippen LogP contribution in [0.25, 0.3) is 0 Å². The van der Waals surface area contributed by atoms with Crippen molar-refractivity contribution >= 4 is 0 Å². The molecule has 1 heterocycles. The molecule has 4 nitrogen and oxygen atoms in total. The highest BCUT2D eigenvalue weighted by molar-refractivity contribution is 4.67. The molecule has 0 saturated carbocycles. The van der Waals surface area contributed by atoms with E-state index < -0.39 is 12.5 Å². The topological polar surface area (TPSA) is 50.7 Å². The van der Waals surface area contributed by atoms with Gasteiger partial charge in [0.1, 0.15) is 12.9 Å². The molecule has 1 saturated heterocycles. The van der Waals surface area contributed by atoms with E-state index in [1.807, 2.05) is 0 Å². The normalized spacial score (nSPS) is 25.3. The number of alkyl halides is 2. The molecule has 1 rings (SSSR count). The van der Waals surface area contributed by atoms with Crippen LogP contribution in [0, 0.1) is 0 Å². The van der Waals surface area contributed by atoms with E-state index >= 15 is 0 Å². The predicted octanol–water partition coefficient (Wildman–Crippen LogP) is -0.0350. The van der Waals surface area contributed by atoms with Gasteiger partial charge in [-0.25, -0.2) is 8.78 Å². The number of halogens is 2. The fourth-order valence-electron chi connectivity index (χ4n) is 1.14. The lowest BCUT2D eigenvalue weighted by Crippen LogP contribution is -2.39. The minimum absolute atomic E-state index is 0.00591. The summed E-state index contributed by atoms with van der Waals surface area (Å²) in [5, 5.41) is 11.5. The zero-order valence-electron chi connectivity index (χ0n) is 7.79. The van der Waals surface area contributed by atoms with E-state index in [0.717, 1.165) is 6.42 Å². The van der Waals surface area contributed by atoms with Crippen LogP contribution in [-0.2, 0) is 9.47 Å². The Morgan fingerprint density at radius 1 is 1.50 bits per heavy atom. The van der Waals surface area contributed by atoms with Gasteiger partial charge in [-0.05, 0) is 6.42 Å². The molecule has 1 fully saturated rings. The highest BCUT2D eigenvalue weighted by atomic mass is 19.3. The van der Waals surface area contributed by atoms with Gasteiger partial charge in [-0.15, -0.1) is 0 Å². The first-order chi connectivity index (χ1) is 6.70. The summed E-state index contributed by atoms with van der Waals surface area (Å²) in [6, 6.07) is 0. The molecule has 0 bridgehead atoms. The van der Waals surface area contributed by atoms with E-state index in [0.29, 0.717) is 13.2 Å². The van der Waals surface area contributed by atoms with Crippen LogP contribution in [0.5, 0.6) is 0 Å². The molecule has 0 aromatic rings. The largest absolute Gasteiger partial charge is 0.386 e. The van der Waals surface area contributed by atoms with Crippen molar-refractivity contribution in [2.24, 2.45) is 0 Å². The SMILES string of the molecule is OC(CNCC1CCOCO1)C(F)F. The van der Waals surface area contributed by atoms with Gasteiger partial charge in [0.05, 0.1) is 12.7 Å². The Bertz CT molecular complexity index is 154. The summed E-state index contributed by atoms with van der Waals surface area (Å²) in [7, 11) is 0. The molecule has 0 aromatic heterocycles. The molecule has 0 spiro atoms. The summed E-state index contributed by atoms with van der Waals surface area (Å²) in [6.45, 7) is 1.24. The van der Waals surface area contributed by atoms with Crippen LogP contribution in [-0.4, -0.2) is 50.2 Å². The van der Waals surface area contributed by atoms with Gasteiger partial charge in [0.25, 0.3) is 6.43 Å². The zero-order chi connectivity index (χ0) is 10.4. The lowest BCUT2D eigenvalue weighted by molar-refractivity contribution is -0.137. The third kappa shape index (κ3) is 4.28. The van der Waals surface area contributed by atoms with Crippen LogP contribution in [0.2, 0.25) is 0 Å². The molecule has 1 aliphatic heterocycles. The van der Waals surface area contributed by atoms with E-state index in [1.165, 1.54) is 0 Å². The van der Waals surface area contributed by atoms with Gasteiger partial charge >= 0.3 is 0 Å². The van der Waals surface area contributed by atoms with Gasteiger partial charge in [0.2, 0.25) is 0 Å². The maximum absolute atomic E-state index is 11.9. The second-order valence-corrected chi connectivity index (χ2v) is 3.16. The highest BCUT2D eigenvalue weighted by Crippen LogP contribution is 2.05. The van der Waals surface area contributed by atoms with Crippen molar-refractivity contribution < 1.29 is 23.4 Å². The Morgan fingerprint density at radius 2 is 2.29 bits per heavy atom. The molecule has 2 N–H and O–H groups in total. The summed E-state index contributed by atoms with van der Waals surface area (Å²) in [5.41, 5.74) is 0. The molecular formula is C8H15F2NO3. The first-order valence-corrected chi connectivity index (χ1v) is 4.56. The molecule has 0 aromatic carbocycles.